The van der Waals surface area contributed by atoms with Gasteiger partial charge in [-0.25, -0.2) is 14.4 Å². The number of aromatic nitrogens is 2. The lowest BCUT2D eigenvalue weighted by Gasteiger charge is -2.34. The van der Waals surface area contributed by atoms with Gasteiger partial charge < -0.3 is 38.3 Å². The summed E-state index contributed by atoms with van der Waals surface area (Å²) in [4.78, 5) is 54.6. The van der Waals surface area contributed by atoms with Gasteiger partial charge in [0.25, 0.3) is 5.91 Å². The highest BCUT2D eigenvalue weighted by atomic mass is 16.5. The Morgan fingerprint density at radius 3 is 1.96 bits per heavy atom. The van der Waals surface area contributed by atoms with Crippen LogP contribution in [0.5, 0.6) is 17.2 Å². The molecule has 57 heavy (non-hydrogen) atoms. The lowest BCUT2D eigenvalue weighted by Crippen LogP contribution is -2.45. The van der Waals surface area contributed by atoms with Crippen LogP contribution in [0.25, 0.3) is 11.0 Å². The number of piperazine rings is 1. The number of nitrogens with one attached hydrogen (secondary N) is 1. The van der Waals surface area contributed by atoms with Crippen LogP contribution >= 0.6 is 0 Å². The molecule has 1 amide bonds. The summed E-state index contributed by atoms with van der Waals surface area (Å²) in [7, 11) is 5.88. The molecule has 0 bridgehead atoms. The normalized spacial score (nSPS) is 13.0. The van der Waals surface area contributed by atoms with Crippen LogP contribution in [0.2, 0.25) is 0 Å². The highest BCUT2D eigenvalue weighted by Crippen LogP contribution is 2.35. The lowest BCUT2D eigenvalue weighted by molar-refractivity contribution is 0.0525. The van der Waals surface area contributed by atoms with Crippen LogP contribution in [0, 0.1) is 0 Å². The molecule has 1 saturated heterocycles. The van der Waals surface area contributed by atoms with Crippen molar-refractivity contribution in [2.45, 2.75) is 40.4 Å². The van der Waals surface area contributed by atoms with Gasteiger partial charge in [-0.15, -0.1) is 0 Å². The molecular weight excluding hydrogens is 734 g/mol. The van der Waals surface area contributed by atoms with Gasteiger partial charge >= 0.3 is 17.6 Å². The Morgan fingerprint density at radius 2 is 1.35 bits per heavy atom. The zero-order chi connectivity index (χ0) is 41.1. The fraction of sp³-hybridized carbons (Fsp3) is 0.381. The molecule has 0 spiro atoms. The van der Waals surface area contributed by atoms with E-state index >= 15 is 0 Å². The maximum absolute atomic E-state index is 12.9. The van der Waals surface area contributed by atoms with E-state index in [0.717, 1.165) is 45.0 Å². The van der Waals surface area contributed by atoms with E-state index in [1.165, 1.54) is 43.8 Å². The summed E-state index contributed by atoms with van der Waals surface area (Å²) < 4.78 is 34.2. The number of nitrogens with zero attached hydrogens (tertiary/aromatic N) is 4. The Hall–Kier alpha value is -6.06. The number of rotatable bonds is 14. The second-order valence-electron chi connectivity index (χ2n) is 13.1. The van der Waals surface area contributed by atoms with Crippen LogP contribution in [0.3, 0.4) is 0 Å². The summed E-state index contributed by atoms with van der Waals surface area (Å²) in [6, 6.07) is 17.7. The molecule has 5 aromatic rings. The number of carbonyl (C=O) groups is 3. The number of hydrogen-bond donors (Lipinski definition) is 1. The van der Waals surface area contributed by atoms with Crippen molar-refractivity contribution >= 4 is 34.6 Å². The Bertz CT molecular complexity index is 2210. The second kappa shape index (κ2) is 19.7. The summed E-state index contributed by atoms with van der Waals surface area (Å²) in [5, 5.41) is 2.93. The van der Waals surface area contributed by atoms with Gasteiger partial charge in [-0.3, -0.25) is 18.8 Å². The molecule has 15 heteroatoms. The van der Waals surface area contributed by atoms with Gasteiger partial charge in [0, 0.05) is 57.1 Å². The molecule has 0 saturated carbocycles. The molecule has 3 heterocycles. The van der Waals surface area contributed by atoms with Gasteiger partial charge in [0.05, 0.1) is 70.0 Å². The minimum atomic E-state index is -0.543. The van der Waals surface area contributed by atoms with Crippen LogP contribution in [0.1, 0.15) is 63.2 Å². The van der Waals surface area contributed by atoms with Gasteiger partial charge in [-0.2, -0.15) is 0 Å². The fourth-order valence-corrected chi connectivity index (χ4v) is 6.64. The van der Waals surface area contributed by atoms with Gasteiger partial charge in [-0.05, 0) is 62.4 Å². The maximum Gasteiger partial charge on any atom is 0.341 e. The molecule has 304 valence electrons. The molecule has 0 radical (unpaired) electrons. The number of hydrogen-bond acceptors (Lipinski definition) is 12. The largest absolute Gasteiger partial charge is 0.496 e. The zero-order valence-electron chi connectivity index (χ0n) is 33.6. The van der Waals surface area contributed by atoms with E-state index in [1.807, 2.05) is 19.1 Å². The average molecular weight is 786 g/mol. The summed E-state index contributed by atoms with van der Waals surface area (Å²) in [5.74, 6) is 0.441. The predicted molar refractivity (Wildman–Crippen MR) is 215 cm³/mol. The van der Waals surface area contributed by atoms with Crippen molar-refractivity contribution in [3.63, 3.8) is 0 Å². The number of furan rings is 1. The number of methoxy groups -OCH3 is 4. The zero-order valence-corrected chi connectivity index (χ0v) is 33.6. The predicted octanol–water partition coefficient (Wildman–Crippen LogP) is 5.53. The van der Waals surface area contributed by atoms with E-state index in [0.29, 0.717) is 51.7 Å². The number of esters is 2. The van der Waals surface area contributed by atoms with Crippen molar-refractivity contribution in [1.29, 1.82) is 0 Å². The fourth-order valence-electron chi connectivity index (χ4n) is 6.64. The maximum atomic E-state index is 12.9. The number of ether oxygens (including phenoxy) is 5. The molecule has 0 atom stereocenters. The van der Waals surface area contributed by atoms with Crippen molar-refractivity contribution < 1.29 is 42.5 Å². The number of amides is 1. The Balaban J connectivity index is 0.000000219. The van der Waals surface area contributed by atoms with Crippen LogP contribution in [-0.2, 0) is 29.1 Å². The molecule has 0 aliphatic carbocycles. The summed E-state index contributed by atoms with van der Waals surface area (Å²) in [6.45, 7) is 13.0. The first-order valence-electron chi connectivity index (χ1n) is 18.8. The Labute approximate surface area is 331 Å². The first kappa shape index (κ1) is 42.1. The Kier molecular flexibility index (Phi) is 14.5. The molecular formula is C42H51N5O10. The van der Waals surface area contributed by atoms with E-state index in [4.69, 9.17) is 28.1 Å². The molecule has 6 rings (SSSR count). The second-order valence-corrected chi connectivity index (χ2v) is 13.1. The number of aryl methyl sites for hydroxylation is 1. The standard InChI is InChI=1S/C23H31N3O4.C19H20N2O6/c1-5-25-10-12-26(13-11-25)16-17-6-8-18(9-7-17)24-23(27)19-14-21(29-3)22(30-4)15-20(19)28-2;1-4-20-14-7-6-12(17(22)26-5-2)10-15(14)21(19(20)24)11-16-13(8-9-27-16)18(23)25-3/h6-9,14-15H,5,10-13,16H2,1-4H3,(H,24,27);6-10H,4-5,11H2,1-3H3. The molecule has 1 N–H and O–H groups in total. The summed E-state index contributed by atoms with van der Waals surface area (Å²) >= 11 is 0. The van der Waals surface area contributed by atoms with Crippen molar-refractivity contribution in [3.05, 3.63) is 105 Å². The number of benzene rings is 3. The third-order valence-electron chi connectivity index (χ3n) is 9.78. The highest BCUT2D eigenvalue weighted by molar-refractivity contribution is 6.06. The van der Waals surface area contributed by atoms with E-state index in [2.05, 4.69) is 34.2 Å². The monoisotopic (exact) mass is 785 g/mol. The van der Waals surface area contributed by atoms with Crippen molar-refractivity contribution in [3.8, 4) is 17.2 Å². The first-order valence-corrected chi connectivity index (χ1v) is 18.8. The number of imidazole rings is 1. The Morgan fingerprint density at radius 1 is 0.684 bits per heavy atom. The third-order valence-corrected chi connectivity index (χ3v) is 9.78. The van der Waals surface area contributed by atoms with Crippen LogP contribution in [-0.4, -0.2) is 105 Å². The highest BCUT2D eigenvalue weighted by Gasteiger charge is 2.22. The molecule has 1 aliphatic rings. The van der Waals surface area contributed by atoms with Gasteiger partial charge in [0.1, 0.15) is 17.1 Å². The number of likely N-dealkylation sites (N-methyl/N-ethyl adjacent to an activating group) is 1. The van der Waals surface area contributed by atoms with Crippen molar-refractivity contribution in [2.24, 2.45) is 0 Å². The number of anilines is 1. The van der Waals surface area contributed by atoms with E-state index in [-0.39, 0.29) is 30.3 Å². The lowest BCUT2D eigenvalue weighted by atomic mass is 10.1. The van der Waals surface area contributed by atoms with Crippen LogP contribution in [0.15, 0.2) is 76.1 Å². The molecule has 2 aromatic heterocycles. The minimum absolute atomic E-state index is 0.0338. The first-order chi connectivity index (χ1) is 27.6. The van der Waals surface area contributed by atoms with Gasteiger partial charge in [-0.1, -0.05) is 19.1 Å². The van der Waals surface area contributed by atoms with E-state index < -0.39 is 11.9 Å². The molecule has 15 nitrogen and oxygen atoms in total. The topological polar surface area (TPSA) is 156 Å². The molecule has 3 aromatic carbocycles. The SMILES string of the molecule is CCN1CCN(Cc2ccc(NC(=O)c3cc(OC)c(OC)cc3OC)cc2)CC1.CCOC(=O)c1ccc2c(c1)n(Cc1occc1C(=O)OC)c(=O)n2CC. The summed E-state index contributed by atoms with van der Waals surface area (Å²) in [5.41, 5.74) is 3.93. The van der Waals surface area contributed by atoms with E-state index in [9.17, 15) is 19.2 Å². The van der Waals surface area contributed by atoms with Crippen molar-refractivity contribution in [2.75, 3.05) is 73.1 Å². The summed E-state index contributed by atoms with van der Waals surface area (Å²) in [6.07, 6.45) is 1.37. The van der Waals surface area contributed by atoms with Gasteiger partial charge in [0.2, 0.25) is 0 Å². The third kappa shape index (κ3) is 9.85. The van der Waals surface area contributed by atoms with Gasteiger partial charge in [0.15, 0.2) is 11.5 Å². The molecule has 0 unspecified atom stereocenters. The van der Waals surface area contributed by atoms with Crippen molar-refractivity contribution in [1.82, 2.24) is 18.9 Å². The number of carbonyl (C=O) groups excluding carboxylic acids is 3. The molecule has 1 aliphatic heterocycles. The van der Waals surface area contributed by atoms with Crippen LogP contribution < -0.4 is 25.2 Å². The smallest absolute Gasteiger partial charge is 0.341 e. The molecule has 1 fully saturated rings. The number of fused-ring (bicyclic) bond motifs is 1. The van der Waals surface area contributed by atoms with E-state index in [1.54, 1.807) is 48.9 Å². The average Bonchev–Trinajstić information content (AvgIpc) is 3.82. The minimum Gasteiger partial charge on any atom is -0.496 e. The van der Waals surface area contributed by atoms with Crippen LogP contribution in [0.4, 0.5) is 5.69 Å². The quantitative estimate of drug-likeness (QED) is 0.141.